The van der Waals surface area contributed by atoms with Crippen LogP contribution in [0.15, 0.2) is 78.9 Å². The molecular formula is C32H31NO6. The molecule has 3 aromatic rings. The topological polar surface area (TPSA) is 102 Å². The van der Waals surface area contributed by atoms with Crippen molar-refractivity contribution in [2.75, 3.05) is 6.61 Å². The molecule has 0 heterocycles. The molecule has 1 amide bonds. The van der Waals surface area contributed by atoms with Gasteiger partial charge < -0.3 is 19.9 Å². The van der Waals surface area contributed by atoms with E-state index in [0.717, 1.165) is 16.7 Å². The van der Waals surface area contributed by atoms with Crippen molar-refractivity contribution in [2.24, 2.45) is 10.8 Å². The lowest BCUT2D eigenvalue weighted by molar-refractivity contribution is -0.239. The van der Waals surface area contributed by atoms with Gasteiger partial charge in [0.1, 0.15) is 6.61 Å². The van der Waals surface area contributed by atoms with Gasteiger partial charge in [0.2, 0.25) is 6.10 Å². The number of fused-ring (bicyclic) bond motifs is 3. The van der Waals surface area contributed by atoms with E-state index < -0.39 is 29.6 Å². The molecule has 3 saturated carbocycles. The summed E-state index contributed by atoms with van der Waals surface area (Å²) >= 11 is 0. The molecule has 7 nitrogen and oxygen atoms in total. The summed E-state index contributed by atoms with van der Waals surface area (Å²) in [5, 5.41) is 12.6. The standard InChI is InChI=1S/C32H31NO6/c1-20(33-30(37)38-16-26-24-13-7-5-11-22(24)23-12-6-8-14-25(23)26)31-17-32(18-31,19-31)29(36)39-27(28(34)35)15-21-9-3-2-4-10-21/h2-14,20,26-27H,15-19H2,1H3,(H,33,37)(H,34,35)/t20-,27-,31?,32?/m0/s1. The highest BCUT2D eigenvalue weighted by atomic mass is 16.6. The van der Waals surface area contributed by atoms with Crippen LogP contribution < -0.4 is 5.32 Å². The second-order valence-corrected chi connectivity index (χ2v) is 11.3. The van der Waals surface area contributed by atoms with E-state index >= 15 is 0 Å². The first-order chi connectivity index (χ1) is 18.8. The number of hydrogen-bond acceptors (Lipinski definition) is 5. The minimum absolute atomic E-state index is 0.00971. The van der Waals surface area contributed by atoms with Crippen molar-refractivity contribution in [3.05, 3.63) is 95.6 Å². The Morgan fingerprint density at radius 3 is 2.05 bits per heavy atom. The fourth-order valence-electron chi connectivity index (χ4n) is 6.77. The zero-order valence-electron chi connectivity index (χ0n) is 21.8. The van der Waals surface area contributed by atoms with Crippen molar-refractivity contribution in [3.8, 4) is 11.1 Å². The Bertz CT molecular complexity index is 1370. The van der Waals surface area contributed by atoms with E-state index in [2.05, 4.69) is 29.6 Å². The van der Waals surface area contributed by atoms with Crippen LogP contribution in [0.5, 0.6) is 0 Å². The number of amides is 1. The molecule has 200 valence electrons. The molecule has 39 heavy (non-hydrogen) atoms. The Balaban J connectivity index is 1.01. The SMILES string of the molecule is C[C@H](NC(=O)OCC1c2ccccc2-c2ccccc21)C12CC(C(=O)O[C@@H](Cc3ccccc3)C(=O)O)(C1)C2. The van der Waals surface area contributed by atoms with Gasteiger partial charge in [-0.2, -0.15) is 0 Å². The Morgan fingerprint density at radius 1 is 0.897 bits per heavy atom. The van der Waals surface area contributed by atoms with Crippen molar-refractivity contribution in [1.29, 1.82) is 0 Å². The third kappa shape index (κ3) is 4.36. The highest BCUT2D eigenvalue weighted by Crippen LogP contribution is 2.75. The third-order valence-electron chi connectivity index (χ3n) is 8.89. The van der Waals surface area contributed by atoms with Gasteiger partial charge in [0, 0.05) is 18.4 Å². The second kappa shape index (κ2) is 9.56. The number of carboxylic acid groups (broad SMARTS) is 1. The smallest absolute Gasteiger partial charge is 0.407 e. The van der Waals surface area contributed by atoms with Gasteiger partial charge in [-0.25, -0.2) is 9.59 Å². The van der Waals surface area contributed by atoms with Gasteiger partial charge in [-0.3, -0.25) is 4.79 Å². The molecule has 7 rings (SSSR count). The van der Waals surface area contributed by atoms with Crippen LogP contribution in [0.1, 0.15) is 48.8 Å². The Morgan fingerprint density at radius 2 is 1.46 bits per heavy atom. The van der Waals surface area contributed by atoms with Crippen LogP contribution in [0.4, 0.5) is 4.79 Å². The molecule has 0 aliphatic heterocycles. The van der Waals surface area contributed by atoms with Crippen LogP contribution in [0.3, 0.4) is 0 Å². The van der Waals surface area contributed by atoms with Gasteiger partial charge in [0.25, 0.3) is 0 Å². The Hall–Kier alpha value is -4.13. The average molecular weight is 526 g/mol. The number of alkyl carbamates (subject to hydrolysis) is 1. The maximum Gasteiger partial charge on any atom is 0.407 e. The van der Waals surface area contributed by atoms with Crippen LogP contribution in [0.2, 0.25) is 0 Å². The van der Waals surface area contributed by atoms with Crippen LogP contribution in [0.25, 0.3) is 11.1 Å². The lowest BCUT2D eigenvalue weighted by Crippen LogP contribution is -2.72. The summed E-state index contributed by atoms with van der Waals surface area (Å²) in [6, 6.07) is 25.4. The number of esters is 1. The number of aliphatic carboxylic acids is 1. The molecule has 0 radical (unpaired) electrons. The molecule has 2 N–H and O–H groups in total. The number of carbonyl (C=O) groups is 3. The highest BCUT2D eigenvalue weighted by Gasteiger charge is 2.74. The lowest BCUT2D eigenvalue weighted by Gasteiger charge is -2.70. The highest BCUT2D eigenvalue weighted by molar-refractivity contribution is 5.85. The average Bonchev–Trinajstić information content (AvgIpc) is 3.20. The Labute approximate surface area is 227 Å². The fourth-order valence-corrected chi connectivity index (χ4v) is 6.77. The number of carboxylic acids is 1. The number of hydrogen-bond donors (Lipinski definition) is 2. The summed E-state index contributed by atoms with van der Waals surface area (Å²) < 4.78 is 11.2. The first-order valence-corrected chi connectivity index (χ1v) is 13.4. The maximum absolute atomic E-state index is 12.9. The first-order valence-electron chi connectivity index (χ1n) is 13.4. The molecule has 4 aliphatic carbocycles. The molecule has 7 heteroatoms. The van der Waals surface area contributed by atoms with Gasteiger partial charge >= 0.3 is 18.0 Å². The lowest BCUT2D eigenvalue weighted by atomic mass is 9.33. The predicted molar refractivity (Wildman–Crippen MR) is 144 cm³/mol. The number of rotatable bonds is 9. The van der Waals surface area contributed by atoms with E-state index in [9.17, 15) is 19.5 Å². The summed E-state index contributed by atoms with van der Waals surface area (Å²) in [6.07, 6.45) is 0.146. The predicted octanol–water partition coefficient (Wildman–Crippen LogP) is 5.32. The number of ether oxygens (including phenoxy) is 2. The quantitative estimate of drug-likeness (QED) is 0.367. The molecule has 4 aliphatic rings. The normalized spacial score (nSPS) is 23.7. The summed E-state index contributed by atoms with van der Waals surface area (Å²) in [7, 11) is 0. The number of carbonyl (C=O) groups excluding carboxylic acids is 2. The molecule has 2 bridgehead atoms. The second-order valence-electron chi connectivity index (χ2n) is 11.3. The summed E-state index contributed by atoms with van der Waals surface area (Å²) in [5.41, 5.74) is 4.63. The first kappa shape index (κ1) is 25.2. The van der Waals surface area contributed by atoms with Crippen molar-refractivity contribution in [3.63, 3.8) is 0 Å². The van der Waals surface area contributed by atoms with Gasteiger partial charge in [0.15, 0.2) is 0 Å². The summed E-state index contributed by atoms with van der Waals surface area (Å²) in [4.78, 5) is 37.4. The minimum Gasteiger partial charge on any atom is -0.478 e. The maximum atomic E-state index is 12.9. The fraction of sp³-hybridized carbons (Fsp3) is 0.344. The van der Waals surface area contributed by atoms with Crippen LogP contribution in [0, 0.1) is 10.8 Å². The van der Waals surface area contributed by atoms with Crippen molar-refractivity contribution >= 4 is 18.0 Å². The van der Waals surface area contributed by atoms with E-state index in [1.165, 1.54) is 11.1 Å². The number of nitrogens with one attached hydrogen (secondary N) is 1. The zero-order valence-corrected chi connectivity index (χ0v) is 21.8. The van der Waals surface area contributed by atoms with Gasteiger partial charge in [-0.15, -0.1) is 0 Å². The van der Waals surface area contributed by atoms with Gasteiger partial charge in [-0.05, 0) is 59.4 Å². The van der Waals surface area contributed by atoms with Gasteiger partial charge in [0.05, 0.1) is 5.41 Å². The van der Waals surface area contributed by atoms with E-state index in [1.807, 2.05) is 61.5 Å². The minimum atomic E-state index is -1.22. The van der Waals surface area contributed by atoms with Crippen LogP contribution in [-0.2, 0) is 25.5 Å². The molecule has 0 aromatic heterocycles. The monoisotopic (exact) mass is 525 g/mol. The summed E-state index contributed by atoms with van der Waals surface area (Å²) in [5.74, 6) is -1.62. The van der Waals surface area contributed by atoms with E-state index in [-0.39, 0.29) is 30.4 Å². The van der Waals surface area contributed by atoms with E-state index in [4.69, 9.17) is 9.47 Å². The molecule has 0 spiro atoms. The molecule has 2 atom stereocenters. The summed E-state index contributed by atoms with van der Waals surface area (Å²) in [6.45, 7) is 2.18. The van der Waals surface area contributed by atoms with E-state index in [1.54, 1.807) is 0 Å². The molecule has 3 aromatic carbocycles. The van der Waals surface area contributed by atoms with Crippen LogP contribution in [-0.4, -0.2) is 41.9 Å². The molecule has 3 fully saturated rings. The van der Waals surface area contributed by atoms with Crippen molar-refractivity contribution in [1.82, 2.24) is 5.32 Å². The van der Waals surface area contributed by atoms with Gasteiger partial charge in [-0.1, -0.05) is 78.9 Å². The van der Waals surface area contributed by atoms with Crippen molar-refractivity contribution in [2.45, 2.75) is 50.7 Å². The van der Waals surface area contributed by atoms with E-state index in [0.29, 0.717) is 19.3 Å². The molecule has 0 saturated heterocycles. The largest absolute Gasteiger partial charge is 0.478 e. The zero-order chi connectivity index (χ0) is 27.2. The van der Waals surface area contributed by atoms with Crippen LogP contribution >= 0.6 is 0 Å². The Kier molecular flexibility index (Phi) is 6.17. The number of benzene rings is 3. The molecular weight excluding hydrogens is 494 g/mol. The third-order valence-corrected chi connectivity index (χ3v) is 8.89. The molecule has 0 unspecified atom stereocenters. The van der Waals surface area contributed by atoms with Crippen molar-refractivity contribution < 1.29 is 29.0 Å².